The van der Waals surface area contributed by atoms with Crippen LogP contribution in [0.4, 0.5) is 0 Å². The Bertz CT molecular complexity index is 643. The summed E-state index contributed by atoms with van der Waals surface area (Å²) in [5, 5.41) is 0. The number of hydrogen-bond donors (Lipinski definition) is 1. The summed E-state index contributed by atoms with van der Waals surface area (Å²) >= 11 is 0. The third-order valence-electron chi connectivity index (χ3n) is 5.35. The molecule has 0 aromatic carbocycles. The van der Waals surface area contributed by atoms with Crippen LogP contribution in [0.3, 0.4) is 0 Å². The third kappa shape index (κ3) is 2.39. The molecule has 0 spiro atoms. The van der Waals surface area contributed by atoms with Gasteiger partial charge in [0, 0.05) is 43.9 Å². The zero-order chi connectivity index (χ0) is 16.0. The lowest BCUT2D eigenvalue weighted by atomic mass is 9.74. The maximum atomic E-state index is 12.7. The number of carbonyl (C=O) groups is 2. The van der Waals surface area contributed by atoms with Crippen molar-refractivity contribution >= 4 is 11.8 Å². The van der Waals surface area contributed by atoms with Gasteiger partial charge in [0.25, 0.3) is 5.91 Å². The predicted molar refractivity (Wildman–Crippen MR) is 80.5 cm³/mol. The number of amides is 2. The number of aromatic nitrogens is 2. The molecule has 0 bridgehead atoms. The SMILES string of the molecule is NC(=O)[C@]12CCOC[C@H]1CN(C(=O)c1cnc(C3CC3)nc1)C2. The summed E-state index contributed by atoms with van der Waals surface area (Å²) in [4.78, 5) is 35.0. The minimum atomic E-state index is -0.650. The quantitative estimate of drug-likeness (QED) is 0.866. The van der Waals surface area contributed by atoms with Gasteiger partial charge in [0.05, 0.1) is 17.6 Å². The van der Waals surface area contributed by atoms with Gasteiger partial charge in [-0.05, 0) is 19.3 Å². The first-order valence-electron chi connectivity index (χ1n) is 8.09. The normalized spacial score (nSPS) is 30.1. The first-order valence-corrected chi connectivity index (χ1v) is 8.09. The Kier molecular flexibility index (Phi) is 3.33. The van der Waals surface area contributed by atoms with E-state index in [2.05, 4.69) is 9.97 Å². The van der Waals surface area contributed by atoms with Crippen LogP contribution < -0.4 is 5.73 Å². The van der Waals surface area contributed by atoms with Gasteiger partial charge in [0.1, 0.15) is 5.82 Å². The van der Waals surface area contributed by atoms with Crippen molar-refractivity contribution in [1.82, 2.24) is 14.9 Å². The zero-order valence-electron chi connectivity index (χ0n) is 12.9. The molecule has 2 saturated heterocycles. The molecule has 4 rings (SSSR count). The summed E-state index contributed by atoms with van der Waals surface area (Å²) in [7, 11) is 0. The molecular formula is C16H20N4O3. The second kappa shape index (κ2) is 5.26. The van der Waals surface area contributed by atoms with Crippen molar-refractivity contribution in [3.05, 3.63) is 23.8 Å². The molecule has 3 fully saturated rings. The fourth-order valence-electron chi connectivity index (χ4n) is 3.69. The lowest BCUT2D eigenvalue weighted by Crippen LogP contribution is -2.48. The van der Waals surface area contributed by atoms with Gasteiger partial charge < -0.3 is 15.4 Å². The molecule has 1 aromatic rings. The molecule has 2 atom stereocenters. The van der Waals surface area contributed by atoms with Crippen LogP contribution >= 0.6 is 0 Å². The Morgan fingerprint density at radius 2 is 2.04 bits per heavy atom. The van der Waals surface area contributed by atoms with Gasteiger partial charge in [-0.1, -0.05) is 0 Å². The number of likely N-dealkylation sites (tertiary alicyclic amines) is 1. The standard InChI is InChI=1S/C16H20N4O3/c17-15(22)16-3-4-23-8-12(16)7-20(9-16)14(21)11-5-18-13(19-6-11)10-1-2-10/h5-6,10,12H,1-4,7-9H2,(H2,17,22)/t12-,16+/m1/s1. The van der Waals surface area contributed by atoms with Gasteiger partial charge in [-0.25, -0.2) is 9.97 Å². The van der Waals surface area contributed by atoms with Crippen LogP contribution in [0, 0.1) is 11.3 Å². The number of hydrogen-bond acceptors (Lipinski definition) is 5. The first-order chi connectivity index (χ1) is 11.1. The van der Waals surface area contributed by atoms with Crippen molar-refractivity contribution in [3.8, 4) is 0 Å². The minimum absolute atomic E-state index is 0.0237. The number of fused-ring (bicyclic) bond motifs is 1. The van der Waals surface area contributed by atoms with Crippen LogP contribution in [0.15, 0.2) is 12.4 Å². The maximum Gasteiger partial charge on any atom is 0.257 e. The van der Waals surface area contributed by atoms with Gasteiger partial charge >= 0.3 is 0 Å². The van der Waals surface area contributed by atoms with Gasteiger partial charge in [-0.15, -0.1) is 0 Å². The monoisotopic (exact) mass is 316 g/mol. The van der Waals surface area contributed by atoms with Crippen molar-refractivity contribution in [2.45, 2.75) is 25.2 Å². The Hall–Kier alpha value is -2.02. The molecule has 1 aromatic heterocycles. The fourth-order valence-corrected chi connectivity index (χ4v) is 3.69. The lowest BCUT2D eigenvalue weighted by Gasteiger charge is -2.34. The molecule has 122 valence electrons. The van der Waals surface area contributed by atoms with E-state index in [4.69, 9.17) is 10.5 Å². The second-order valence-electron chi connectivity index (χ2n) is 6.83. The van der Waals surface area contributed by atoms with Crippen LogP contribution in [0.2, 0.25) is 0 Å². The maximum absolute atomic E-state index is 12.7. The number of ether oxygens (including phenoxy) is 1. The van der Waals surface area contributed by atoms with Crippen LogP contribution in [0.25, 0.3) is 0 Å². The molecule has 7 nitrogen and oxygen atoms in total. The second-order valence-corrected chi connectivity index (χ2v) is 6.83. The van der Waals surface area contributed by atoms with E-state index >= 15 is 0 Å². The summed E-state index contributed by atoms with van der Waals surface area (Å²) in [6, 6.07) is 0. The summed E-state index contributed by atoms with van der Waals surface area (Å²) in [5.41, 5.74) is 5.46. The Morgan fingerprint density at radius 3 is 2.65 bits per heavy atom. The number of nitrogens with zero attached hydrogens (tertiary/aromatic N) is 3. The van der Waals surface area contributed by atoms with E-state index in [9.17, 15) is 9.59 Å². The fraction of sp³-hybridized carbons (Fsp3) is 0.625. The highest BCUT2D eigenvalue weighted by atomic mass is 16.5. The number of carbonyl (C=O) groups excluding carboxylic acids is 2. The number of primary amides is 1. The van der Waals surface area contributed by atoms with Gasteiger partial charge in [0.2, 0.25) is 5.91 Å². The molecule has 3 aliphatic rings. The molecule has 3 heterocycles. The molecule has 2 amide bonds. The first kappa shape index (κ1) is 14.6. The molecular weight excluding hydrogens is 296 g/mol. The lowest BCUT2D eigenvalue weighted by molar-refractivity contribution is -0.135. The van der Waals surface area contributed by atoms with E-state index in [1.807, 2.05) is 0 Å². The van der Waals surface area contributed by atoms with Gasteiger partial charge in [0.15, 0.2) is 0 Å². The highest BCUT2D eigenvalue weighted by Gasteiger charge is 2.53. The zero-order valence-corrected chi connectivity index (χ0v) is 12.9. The molecule has 23 heavy (non-hydrogen) atoms. The van der Waals surface area contributed by atoms with E-state index in [0.29, 0.717) is 44.2 Å². The Labute approximate surface area is 134 Å². The summed E-state index contributed by atoms with van der Waals surface area (Å²) in [5.74, 6) is 0.788. The van der Waals surface area contributed by atoms with Crippen LogP contribution in [-0.4, -0.2) is 53.0 Å². The summed E-state index contributed by atoms with van der Waals surface area (Å²) in [6.45, 7) is 1.84. The summed E-state index contributed by atoms with van der Waals surface area (Å²) in [6.07, 6.45) is 6.02. The summed E-state index contributed by atoms with van der Waals surface area (Å²) < 4.78 is 5.47. The Morgan fingerprint density at radius 1 is 1.30 bits per heavy atom. The molecule has 7 heteroatoms. The van der Waals surface area contributed by atoms with Crippen molar-refractivity contribution in [2.75, 3.05) is 26.3 Å². The molecule has 1 saturated carbocycles. The smallest absolute Gasteiger partial charge is 0.257 e. The topological polar surface area (TPSA) is 98.4 Å². The minimum Gasteiger partial charge on any atom is -0.381 e. The van der Waals surface area contributed by atoms with E-state index < -0.39 is 5.41 Å². The van der Waals surface area contributed by atoms with Crippen molar-refractivity contribution < 1.29 is 14.3 Å². The average molecular weight is 316 g/mol. The highest BCUT2D eigenvalue weighted by Crippen LogP contribution is 2.42. The van der Waals surface area contributed by atoms with Crippen molar-refractivity contribution in [2.24, 2.45) is 17.1 Å². The van der Waals surface area contributed by atoms with E-state index in [-0.39, 0.29) is 17.7 Å². The number of nitrogens with two attached hydrogens (primary N) is 1. The number of rotatable bonds is 3. The largest absolute Gasteiger partial charge is 0.381 e. The molecule has 2 aliphatic heterocycles. The van der Waals surface area contributed by atoms with E-state index in [1.54, 1.807) is 17.3 Å². The molecule has 0 radical (unpaired) electrons. The van der Waals surface area contributed by atoms with Crippen molar-refractivity contribution in [3.63, 3.8) is 0 Å². The van der Waals surface area contributed by atoms with Gasteiger partial charge in [-0.2, -0.15) is 0 Å². The van der Waals surface area contributed by atoms with Crippen LogP contribution in [0.5, 0.6) is 0 Å². The van der Waals surface area contributed by atoms with E-state index in [0.717, 1.165) is 18.7 Å². The molecule has 0 unspecified atom stereocenters. The Balaban J connectivity index is 1.53. The van der Waals surface area contributed by atoms with Crippen molar-refractivity contribution in [1.29, 1.82) is 0 Å². The van der Waals surface area contributed by atoms with Crippen LogP contribution in [0.1, 0.15) is 41.4 Å². The predicted octanol–water partition coefficient (Wildman–Crippen LogP) is 0.318. The third-order valence-corrected chi connectivity index (χ3v) is 5.35. The average Bonchev–Trinajstić information content (AvgIpc) is 3.33. The molecule has 1 aliphatic carbocycles. The van der Waals surface area contributed by atoms with Crippen LogP contribution in [-0.2, 0) is 9.53 Å². The van der Waals surface area contributed by atoms with E-state index in [1.165, 1.54) is 0 Å². The molecule has 2 N–H and O–H groups in total. The highest BCUT2D eigenvalue weighted by molar-refractivity contribution is 5.95. The van der Waals surface area contributed by atoms with Gasteiger partial charge in [-0.3, -0.25) is 9.59 Å².